The molecule has 5 rings (SSSR count). The minimum Gasteiger partial charge on any atom is -0.352 e. The monoisotopic (exact) mass is 417 g/mol. The Bertz CT molecular complexity index is 1120. The summed E-state index contributed by atoms with van der Waals surface area (Å²) in [5, 5.41) is 17.9. The van der Waals surface area contributed by atoms with Gasteiger partial charge in [-0.25, -0.2) is 0 Å². The highest BCUT2D eigenvalue weighted by molar-refractivity contribution is 7.13. The molecule has 8 nitrogen and oxygen atoms in total. The Hall–Kier alpha value is -3.59. The van der Waals surface area contributed by atoms with Crippen molar-refractivity contribution in [1.82, 2.24) is 30.3 Å². The standard InChI is InChI=1S/C21H19N7OS/c29-21(18-13-17(24-25-18)19-4-2-12-30-19)28-10-8-27(9-11-28)20-6-5-16(23-26-20)15-3-1-7-22-14-15/h1-7,12-14H,8-11H2,(H,24,25). The van der Waals surface area contributed by atoms with Crippen LogP contribution in [0.2, 0.25) is 0 Å². The summed E-state index contributed by atoms with van der Waals surface area (Å²) in [4.78, 5) is 22.0. The van der Waals surface area contributed by atoms with Gasteiger partial charge in [0.15, 0.2) is 11.5 Å². The maximum Gasteiger partial charge on any atom is 0.274 e. The number of aromatic amines is 1. The van der Waals surface area contributed by atoms with Gasteiger partial charge in [0, 0.05) is 44.1 Å². The van der Waals surface area contributed by atoms with Crippen LogP contribution in [0.3, 0.4) is 0 Å². The molecule has 5 heterocycles. The van der Waals surface area contributed by atoms with E-state index in [1.54, 1.807) is 23.7 Å². The lowest BCUT2D eigenvalue weighted by Crippen LogP contribution is -2.49. The third-order valence-electron chi connectivity index (χ3n) is 5.08. The lowest BCUT2D eigenvalue weighted by molar-refractivity contribution is 0.0740. The molecule has 9 heteroatoms. The molecule has 4 aromatic rings. The predicted octanol–water partition coefficient (Wildman–Crippen LogP) is 2.95. The van der Waals surface area contributed by atoms with Crippen molar-refractivity contribution in [3.63, 3.8) is 0 Å². The van der Waals surface area contributed by atoms with E-state index in [0.29, 0.717) is 31.9 Å². The second-order valence-electron chi connectivity index (χ2n) is 6.94. The van der Waals surface area contributed by atoms with Gasteiger partial charge in [0.1, 0.15) is 0 Å². The van der Waals surface area contributed by atoms with Gasteiger partial charge in [0.2, 0.25) is 0 Å². The summed E-state index contributed by atoms with van der Waals surface area (Å²) in [7, 11) is 0. The molecule has 150 valence electrons. The topological polar surface area (TPSA) is 90.9 Å². The first kappa shape index (κ1) is 18.4. The minimum atomic E-state index is -0.0493. The molecule has 0 unspecified atom stereocenters. The number of hydrogen-bond donors (Lipinski definition) is 1. The van der Waals surface area contributed by atoms with Crippen molar-refractivity contribution in [3.05, 3.63) is 65.9 Å². The molecule has 0 aliphatic carbocycles. The summed E-state index contributed by atoms with van der Waals surface area (Å²) in [5.74, 6) is 0.765. The van der Waals surface area contributed by atoms with E-state index in [9.17, 15) is 4.79 Å². The Kier molecular flexibility index (Phi) is 4.94. The van der Waals surface area contributed by atoms with Gasteiger partial charge in [-0.2, -0.15) is 5.10 Å². The van der Waals surface area contributed by atoms with Crippen molar-refractivity contribution in [3.8, 4) is 21.8 Å². The quantitative estimate of drug-likeness (QED) is 0.549. The van der Waals surface area contributed by atoms with E-state index in [1.807, 2.05) is 52.7 Å². The van der Waals surface area contributed by atoms with Gasteiger partial charge in [-0.05, 0) is 41.8 Å². The van der Waals surface area contributed by atoms with Crippen LogP contribution in [0, 0.1) is 0 Å². The number of pyridine rings is 1. The van der Waals surface area contributed by atoms with E-state index in [1.165, 1.54) is 0 Å². The largest absolute Gasteiger partial charge is 0.352 e. The average Bonchev–Trinajstić information content (AvgIpc) is 3.52. The van der Waals surface area contributed by atoms with E-state index in [-0.39, 0.29) is 5.91 Å². The zero-order valence-electron chi connectivity index (χ0n) is 16.1. The number of carbonyl (C=O) groups excluding carboxylic acids is 1. The Morgan fingerprint density at radius 2 is 1.93 bits per heavy atom. The van der Waals surface area contributed by atoms with E-state index in [0.717, 1.165) is 27.6 Å². The fourth-order valence-corrected chi connectivity index (χ4v) is 4.14. The van der Waals surface area contributed by atoms with E-state index >= 15 is 0 Å². The lowest BCUT2D eigenvalue weighted by Gasteiger charge is -2.34. The molecule has 1 aliphatic rings. The van der Waals surface area contributed by atoms with Crippen molar-refractivity contribution in [1.29, 1.82) is 0 Å². The normalized spacial score (nSPS) is 14.1. The summed E-state index contributed by atoms with van der Waals surface area (Å²) in [6.45, 7) is 2.64. The molecule has 1 saturated heterocycles. The number of hydrogen-bond acceptors (Lipinski definition) is 7. The molecule has 30 heavy (non-hydrogen) atoms. The summed E-state index contributed by atoms with van der Waals surface area (Å²) in [5.41, 5.74) is 3.05. The molecule has 4 aromatic heterocycles. The summed E-state index contributed by atoms with van der Waals surface area (Å²) < 4.78 is 0. The van der Waals surface area contributed by atoms with Crippen LogP contribution in [-0.2, 0) is 0 Å². The Balaban J connectivity index is 1.21. The van der Waals surface area contributed by atoms with Crippen molar-refractivity contribution in [2.45, 2.75) is 0 Å². The van der Waals surface area contributed by atoms with Crippen LogP contribution in [-0.4, -0.2) is 62.4 Å². The van der Waals surface area contributed by atoms with Crippen molar-refractivity contribution >= 4 is 23.1 Å². The van der Waals surface area contributed by atoms with Crippen LogP contribution < -0.4 is 4.90 Å². The summed E-state index contributed by atoms with van der Waals surface area (Å²) in [6, 6.07) is 13.6. The van der Waals surface area contributed by atoms with Crippen molar-refractivity contribution in [2.24, 2.45) is 0 Å². The van der Waals surface area contributed by atoms with Gasteiger partial charge in [-0.15, -0.1) is 21.5 Å². The van der Waals surface area contributed by atoms with Gasteiger partial charge in [-0.1, -0.05) is 6.07 Å². The Morgan fingerprint density at radius 3 is 2.63 bits per heavy atom. The number of nitrogens with one attached hydrogen (secondary N) is 1. The average molecular weight is 417 g/mol. The number of carbonyl (C=O) groups is 1. The highest BCUT2D eigenvalue weighted by Gasteiger charge is 2.25. The second-order valence-corrected chi connectivity index (χ2v) is 7.89. The third kappa shape index (κ3) is 3.67. The molecule has 1 N–H and O–H groups in total. The first-order valence-corrected chi connectivity index (χ1v) is 10.5. The van der Waals surface area contributed by atoms with Gasteiger partial charge in [0.05, 0.1) is 16.3 Å². The molecule has 1 amide bonds. The number of amides is 1. The molecule has 0 saturated carbocycles. The highest BCUT2D eigenvalue weighted by atomic mass is 32.1. The van der Waals surface area contributed by atoms with Gasteiger partial charge in [-0.3, -0.25) is 14.9 Å². The van der Waals surface area contributed by atoms with Gasteiger partial charge >= 0.3 is 0 Å². The Morgan fingerprint density at radius 1 is 1.03 bits per heavy atom. The second kappa shape index (κ2) is 8.03. The van der Waals surface area contributed by atoms with Crippen molar-refractivity contribution < 1.29 is 4.79 Å². The molecule has 0 aromatic carbocycles. The molecule has 0 bridgehead atoms. The molecular weight excluding hydrogens is 398 g/mol. The fraction of sp³-hybridized carbons (Fsp3) is 0.190. The molecule has 0 radical (unpaired) electrons. The highest BCUT2D eigenvalue weighted by Crippen LogP contribution is 2.24. The van der Waals surface area contributed by atoms with Crippen LogP contribution in [0.25, 0.3) is 21.8 Å². The maximum atomic E-state index is 12.8. The molecule has 0 atom stereocenters. The van der Waals surface area contributed by atoms with E-state index < -0.39 is 0 Å². The van der Waals surface area contributed by atoms with Crippen LogP contribution in [0.1, 0.15) is 10.5 Å². The SMILES string of the molecule is O=C(c1cc(-c2cccs2)[nH]n1)N1CCN(c2ccc(-c3cccnc3)nn2)CC1. The number of rotatable bonds is 4. The summed E-state index contributed by atoms with van der Waals surface area (Å²) >= 11 is 1.61. The van der Waals surface area contributed by atoms with Crippen LogP contribution in [0.15, 0.2) is 60.2 Å². The zero-order chi connectivity index (χ0) is 20.3. The van der Waals surface area contributed by atoms with Crippen LogP contribution in [0.5, 0.6) is 0 Å². The van der Waals surface area contributed by atoms with Crippen LogP contribution in [0.4, 0.5) is 5.82 Å². The Labute approximate surface area is 177 Å². The van der Waals surface area contributed by atoms with E-state index in [4.69, 9.17) is 0 Å². The van der Waals surface area contributed by atoms with Gasteiger partial charge in [0.25, 0.3) is 5.91 Å². The molecular formula is C21H19N7OS. The number of aromatic nitrogens is 5. The van der Waals surface area contributed by atoms with Crippen molar-refractivity contribution in [2.75, 3.05) is 31.1 Å². The molecule has 0 spiro atoms. The van der Waals surface area contributed by atoms with Gasteiger partial charge < -0.3 is 9.80 Å². The zero-order valence-corrected chi connectivity index (χ0v) is 16.9. The number of thiophene rings is 1. The first-order valence-electron chi connectivity index (χ1n) is 9.65. The number of anilines is 1. The lowest BCUT2D eigenvalue weighted by atomic mass is 10.2. The number of H-pyrrole nitrogens is 1. The predicted molar refractivity (Wildman–Crippen MR) is 115 cm³/mol. The minimum absolute atomic E-state index is 0.0493. The molecule has 1 aliphatic heterocycles. The molecule has 1 fully saturated rings. The number of nitrogens with zero attached hydrogens (tertiary/aromatic N) is 6. The maximum absolute atomic E-state index is 12.8. The first-order chi connectivity index (χ1) is 14.8. The van der Waals surface area contributed by atoms with Crippen LogP contribution >= 0.6 is 11.3 Å². The number of piperazine rings is 1. The fourth-order valence-electron chi connectivity index (χ4n) is 3.45. The van der Waals surface area contributed by atoms with E-state index in [2.05, 4.69) is 30.3 Å². The smallest absolute Gasteiger partial charge is 0.274 e. The third-order valence-corrected chi connectivity index (χ3v) is 5.99. The summed E-state index contributed by atoms with van der Waals surface area (Å²) in [6.07, 6.45) is 3.51.